The van der Waals surface area contributed by atoms with Gasteiger partial charge in [-0.05, 0) is 49.4 Å². The molecule has 25 heavy (non-hydrogen) atoms. The van der Waals surface area contributed by atoms with Crippen LogP contribution in [0.3, 0.4) is 0 Å². The number of halogens is 1. The van der Waals surface area contributed by atoms with Gasteiger partial charge in [-0.3, -0.25) is 14.2 Å². The molecule has 0 unspecified atom stereocenters. The topological polar surface area (TPSA) is 73.2 Å². The van der Waals surface area contributed by atoms with E-state index in [-0.39, 0.29) is 18.0 Å². The Bertz CT molecular complexity index is 967. The zero-order chi connectivity index (χ0) is 17.8. The molecule has 0 saturated carbocycles. The number of carbonyl (C=O) groups is 1. The molecule has 1 heterocycles. The van der Waals surface area contributed by atoms with Gasteiger partial charge in [-0.25, -0.2) is 4.98 Å². The van der Waals surface area contributed by atoms with Gasteiger partial charge >= 0.3 is 0 Å². The first-order valence-corrected chi connectivity index (χ1v) is 8.53. The van der Waals surface area contributed by atoms with Crippen LogP contribution in [-0.2, 0) is 11.3 Å². The molecule has 0 bridgehead atoms. The molecule has 1 N–H and O–H groups in total. The average molecular weight is 402 g/mol. The van der Waals surface area contributed by atoms with E-state index in [4.69, 9.17) is 4.74 Å². The maximum atomic E-state index is 12.5. The molecule has 0 aliphatic carbocycles. The van der Waals surface area contributed by atoms with Crippen LogP contribution in [0.5, 0.6) is 5.75 Å². The quantitative estimate of drug-likeness (QED) is 0.712. The zero-order valence-corrected chi connectivity index (χ0v) is 15.1. The van der Waals surface area contributed by atoms with E-state index in [9.17, 15) is 9.59 Å². The number of fused-ring (bicyclic) bond motifs is 1. The second kappa shape index (κ2) is 7.48. The third-order valence-electron chi connectivity index (χ3n) is 3.55. The first-order chi connectivity index (χ1) is 12.1. The summed E-state index contributed by atoms with van der Waals surface area (Å²) < 4.78 is 7.44. The number of benzene rings is 2. The highest BCUT2D eigenvalue weighted by molar-refractivity contribution is 9.10. The molecule has 6 nitrogen and oxygen atoms in total. The van der Waals surface area contributed by atoms with Crippen molar-refractivity contribution in [3.8, 4) is 5.75 Å². The van der Waals surface area contributed by atoms with Crippen LogP contribution in [0.1, 0.15) is 6.92 Å². The highest BCUT2D eigenvalue weighted by Gasteiger charge is 2.09. The summed E-state index contributed by atoms with van der Waals surface area (Å²) in [5, 5.41) is 3.22. The fourth-order valence-corrected chi connectivity index (χ4v) is 2.76. The molecular weight excluding hydrogens is 386 g/mol. The van der Waals surface area contributed by atoms with Gasteiger partial charge in [-0.2, -0.15) is 0 Å². The van der Waals surface area contributed by atoms with Crippen molar-refractivity contribution >= 4 is 38.4 Å². The number of nitrogens with one attached hydrogen (secondary N) is 1. The first-order valence-electron chi connectivity index (χ1n) is 7.74. The number of hydrogen-bond acceptors (Lipinski definition) is 4. The predicted octanol–water partition coefficient (Wildman–Crippen LogP) is 3.20. The zero-order valence-electron chi connectivity index (χ0n) is 13.5. The predicted molar refractivity (Wildman–Crippen MR) is 99.9 cm³/mol. The number of aromatic nitrogens is 2. The van der Waals surface area contributed by atoms with Crippen molar-refractivity contribution in [1.82, 2.24) is 9.55 Å². The lowest BCUT2D eigenvalue weighted by Gasteiger charge is -2.09. The molecule has 0 aliphatic rings. The van der Waals surface area contributed by atoms with Gasteiger partial charge < -0.3 is 10.1 Å². The van der Waals surface area contributed by atoms with Crippen LogP contribution in [0.2, 0.25) is 0 Å². The molecule has 0 radical (unpaired) electrons. The summed E-state index contributed by atoms with van der Waals surface area (Å²) in [5.41, 5.74) is 0.975. The molecule has 0 spiro atoms. The molecule has 7 heteroatoms. The van der Waals surface area contributed by atoms with Gasteiger partial charge in [0.25, 0.3) is 5.56 Å². The minimum Gasteiger partial charge on any atom is -0.494 e. The SMILES string of the molecule is CCOc1ccc(NC(=O)Cn2cnc3ccc(Br)cc3c2=O)cc1. The van der Waals surface area contributed by atoms with Crippen molar-refractivity contribution in [1.29, 1.82) is 0 Å². The summed E-state index contributed by atoms with van der Waals surface area (Å²) in [4.78, 5) is 28.9. The summed E-state index contributed by atoms with van der Waals surface area (Å²) in [6, 6.07) is 12.3. The summed E-state index contributed by atoms with van der Waals surface area (Å²) in [7, 11) is 0. The Morgan fingerprint density at radius 3 is 2.72 bits per heavy atom. The molecule has 1 aromatic heterocycles. The molecule has 1 amide bonds. The fraction of sp³-hybridized carbons (Fsp3) is 0.167. The first kappa shape index (κ1) is 17.2. The number of hydrogen-bond donors (Lipinski definition) is 1. The van der Waals surface area contributed by atoms with E-state index in [1.54, 1.807) is 36.4 Å². The molecule has 128 valence electrons. The second-order valence-corrected chi connectivity index (χ2v) is 6.26. The van der Waals surface area contributed by atoms with Gasteiger partial charge in [0.05, 0.1) is 23.8 Å². The number of anilines is 1. The van der Waals surface area contributed by atoms with Gasteiger partial charge in [-0.15, -0.1) is 0 Å². The van der Waals surface area contributed by atoms with Crippen LogP contribution in [0.15, 0.2) is 58.1 Å². The van der Waals surface area contributed by atoms with Crippen LogP contribution < -0.4 is 15.6 Å². The second-order valence-electron chi connectivity index (χ2n) is 5.34. The van der Waals surface area contributed by atoms with E-state index >= 15 is 0 Å². The van der Waals surface area contributed by atoms with E-state index < -0.39 is 0 Å². The lowest BCUT2D eigenvalue weighted by molar-refractivity contribution is -0.116. The molecule has 3 aromatic rings. The Kier molecular flexibility index (Phi) is 5.14. The Hall–Kier alpha value is -2.67. The van der Waals surface area contributed by atoms with Crippen molar-refractivity contribution < 1.29 is 9.53 Å². The van der Waals surface area contributed by atoms with Gasteiger partial charge in [0.1, 0.15) is 12.3 Å². The smallest absolute Gasteiger partial charge is 0.261 e. The highest BCUT2D eigenvalue weighted by atomic mass is 79.9. The van der Waals surface area contributed by atoms with E-state index in [1.807, 2.05) is 13.0 Å². The van der Waals surface area contributed by atoms with Gasteiger partial charge in [0.2, 0.25) is 5.91 Å². The number of carbonyl (C=O) groups excluding carboxylic acids is 1. The third kappa shape index (κ3) is 4.06. The maximum Gasteiger partial charge on any atom is 0.261 e. The summed E-state index contributed by atoms with van der Waals surface area (Å²) in [5.74, 6) is 0.434. The molecule has 0 atom stereocenters. The van der Waals surface area contributed by atoms with E-state index in [2.05, 4.69) is 26.2 Å². The molecular formula is C18H16BrN3O3. The van der Waals surface area contributed by atoms with Gasteiger partial charge in [0, 0.05) is 10.2 Å². The number of rotatable bonds is 5. The highest BCUT2D eigenvalue weighted by Crippen LogP contribution is 2.16. The monoisotopic (exact) mass is 401 g/mol. The van der Waals surface area contributed by atoms with Crippen molar-refractivity contribution in [3.05, 3.63) is 63.6 Å². The minimum absolute atomic E-state index is 0.110. The Labute approximate surface area is 152 Å². The summed E-state index contributed by atoms with van der Waals surface area (Å²) >= 11 is 3.34. The molecule has 0 aliphatic heterocycles. The molecule has 2 aromatic carbocycles. The van der Waals surface area contributed by atoms with Crippen LogP contribution in [0.25, 0.3) is 10.9 Å². The Morgan fingerprint density at radius 1 is 1.24 bits per heavy atom. The number of nitrogens with zero attached hydrogens (tertiary/aromatic N) is 2. The average Bonchev–Trinajstić information content (AvgIpc) is 2.60. The summed E-state index contributed by atoms with van der Waals surface area (Å²) in [6.07, 6.45) is 1.39. The third-order valence-corrected chi connectivity index (χ3v) is 4.04. The minimum atomic E-state index is -0.303. The molecule has 3 rings (SSSR count). The Balaban J connectivity index is 1.75. The standard InChI is InChI=1S/C18H16BrN3O3/c1-2-25-14-6-4-13(5-7-14)21-17(23)10-22-11-20-16-8-3-12(19)9-15(16)18(22)24/h3-9,11H,2,10H2,1H3,(H,21,23). The van der Waals surface area contributed by atoms with Crippen LogP contribution in [0.4, 0.5) is 5.69 Å². The van der Waals surface area contributed by atoms with Gasteiger partial charge in [0.15, 0.2) is 0 Å². The number of amides is 1. The summed E-state index contributed by atoms with van der Waals surface area (Å²) in [6.45, 7) is 2.38. The van der Waals surface area contributed by atoms with E-state index in [0.29, 0.717) is 23.2 Å². The van der Waals surface area contributed by atoms with Crippen molar-refractivity contribution in [2.45, 2.75) is 13.5 Å². The van der Waals surface area contributed by atoms with E-state index in [1.165, 1.54) is 10.9 Å². The lowest BCUT2D eigenvalue weighted by Crippen LogP contribution is -2.27. The van der Waals surface area contributed by atoms with Crippen LogP contribution >= 0.6 is 15.9 Å². The maximum absolute atomic E-state index is 12.5. The lowest BCUT2D eigenvalue weighted by atomic mass is 10.2. The number of ether oxygens (including phenoxy) is 1. The normalized spacial score (nSPS) is 10.6. The van der Waals surface area contributed by atoms with Crippen molar-refractivity contribution in [2.75, 3.05) is 11.9 Å². The fourth-order valence-electron chi connectivity index (χ4n) is 2.40. The molecule has 0 fully saturated rings. The van der Waals surface area contributed by atoms with Crippen molar-refractivity contribution in [3.63, 3.8) is 0 Å². The van der Waals surface area contributed by atoms with Crippen LogP contribution in [-0.4, -0.2) is 22.1 Å². The van der Waals surface area contributed by atoms with Gasteiger partial charge in [-0.1, -0.05) is 15.9 Å². The van der Waals surface area contributed by atoms with E-state index in [0.717, 1.165) is 10.2 Å². The van der Waals surface area contributed by atoms with Crippen molar-refractivity contribution in [2.24, 2.45) is 0 Å². The Morgan fingerprint density at radius 2 is 2.00 bits per heavy atom. The molecule has 0 saturated heterocycles. The van der Waals surface area contributed by atoms with Crippen LogP contribution in [0, 0.1) is 0 Å². The largest absolute Gasteiger partial charge is 0.494 e.